The van der Waals surface area contributed by atoms with Gasteiger partial charge in [-0.05, 0) is 48.5 Å². The highest BCUT2D eigenvalue weighted by Crippen LogP contribution is 2.24. The van der Waals surface area contributed by atoms with Gasteiger partial charge >= 0.3 is 0 Å². The highest BCUT2D eigenvalue weighted by atomic mass is 79.9. The number of aromatic hydroxyl groups is 1. The first-order valence-electron chi connectivity index (χ1n) is 8.73. The molecule has 5 nitrogen and oxygen atoms in total. The third kappa shape index (κ3) is 3.08. The number of halogens is 1. The second-order valence-corrected chi connectivity index (χ2v) is 7.37. The number of rotatable bonds is 2. The van der Waals surface area contributed by atoms with Crippen LogP contribution in [-0.2, 0) is 0 Å². The minimum absolute atomic E-state index is 0.148. The maximum absolute atomic E-state index is 9.82. The van der Waals surface area contributed by atoms with E-state index in [1.807, 2.05) is 60.7 Å². The number of nitrogens with zero attached hydrogens (tertiary/aromatic N) is 1. The van der Waals surface area contributed by atoms with Gasteiger partial charge in [0.05, 0.1) is 5.69 Å². The maximum Gasteiger partial charge on any atom is 0.290 e. The number of imidazole rings is 1. The van der Waals surface area contributed by atoms with Gasteiger partial charge in [0.1, 0.15) is 16.9 Å². The topological polar surface area (TPSA) is 75.7 Å². The molecule has 5 rings (SSSR count). The first-order chi connectivity index (χ1) is 13.7. The molecule has 3 N–H and O–H groups in total. The van der Waals surface area contributed by atoms with Crippen molar-refractivity contribution >= 4 is 43.6 Å². The molecule has 0 spiro atoms. The number of para-hydroxylation sites is 2. The fourth-order valence-electron chi connectivity index (χ4n) is 3.17. The number of benzene rings is 3. The quantitative estimate of drug-likeness (QED) is 0.407. The summed E-state index contributed by atoms with van der Waals surface area (Å²) < 4.78 is 7.02. The summed E-state index contributed by atoms with van der Waals surface area (Å²) in [4.78, 5) is 11.5. The summed E-state index contributed by atoms with van der Waals surface area (Å²) in [5, 5.41) is 10.7. The second-order valence-electron chi connectivity index (χ2n) is 6.45. The lowest BCUT2D eigenvalue weighted by atomic mass is 10.1. The van der Waals surface area contributed by atoms with E-state index in [4.69, 9.17) is 9.41 Å². The molecular formula is C22H15BrN3O2+. The van der Waals surface area contributed by atoms with E-state index in [2.05, 4.69) is 25.9 Å². The molecule has 0 atom stereocenters. The molecule has 0 bridgehead atoms. The van der Waals surface area contributed by atoms with Gasteiger partial charge in [-0.15, -0.1) is 0 Å². The Morgan fingerprint density at radius 2 is 1.86 bits per heavy atom. The van der Waals surface area contributed by atoms with Crippen molar-refractivity contribution in [2.45, 2.75) is 0 Å². The highest BCUT2D eigenvalue weighted by molar-refractivity contribution is 9.10. The summed E-state index contributed by atoms with van der Waals surface area (Å²) in [6.45, 7) is 0. The number of hydrogen-bond acceptors (Lipinski definition) is 3. The first-order valence-corrected chi connectivity index (χ1v) is 9.53. The summed E-state index contributed by atoms with van der Waals surface area (Å²) in [6.07, 6.45) is 0. The van der Waals surface area contributed by atoms with Gasteiger partial charge in [-0.2, -0.15) is 0 Å². The Kier molecular flexibility index (Phi) is 3.98. The Morgan fingerprint density at radius 1 is 0.964 bits per heavy atom. The zero-order chi connectivity index (χ0) is 19.1. The Balaban J connectivity index is 1.82. The van der Waals surface area contributed by atoms with E-state index >= 15 is 0 Å². The van der Waals surface area contributed by atoms with Crippen molar-refractivity contribution in [1.82, 2.24) is 4.98 Å². The smallest absolute Gasteiger partial charge is 0.290 e. The lowest BCUT2D eigenvalue weighted by molar-refractivity contribution is -0.330. The van der Waals surface area contributed by atoms with Crippen LogP contribution in [0.5, 0.6) is 5.75 Å². The average molecular weight is 433 g/mol. The van der Waals surface area contributed by atoms with Crippen LogP contribution in [0.1, 0.15) is 0 Å². The molecule has 2 heterocycles. The van der Waals surface area contributed by atoms with Gasteiger partial charge in [0, 0.05) is 15.9 Å². The monoisotopic (exact) mass is 432 g/mol. The van der Waals surface area contributed by atoms with E-state index in [0.717, 1.165) is 38.0 Å². The van der Waals surface area contributed by atoms with Crippen LogP contribution in [0, 0.1) is 0 Å². The van der Waals surface area contributed by atoms with Crippen molar-refractivity contribution in [3.05, 3.63) is 82.8 Å². The Hall–Kier alpha value is -3.38. The predicted molar refractivity (Wildman–Crippen MR) is 111 cm³/mol. The van der Waals surface area contributed by atoms with Crippen molar-refractivity contribution in [2.75, 3.05) is 0 Å². The van der Waals surface area contributed by atoms with Crippen LogP contribution in [0.2, 0.25) is 0 Å². The zero-order valence-corrected chi connectivity index (χ0v) is 16.2. The SMILES string of the molecule is Oc1ccc2cc(-c3[nH]c4ccccc4[nH+]3)c(=Nc3cccc(Br)c3)oc2c1. The van der Waals surface area contributed by atoms with Gasteiger partial charge < -0.3 is 9.52 Å². The highest BCUT2D eigenvalue weighted by Gasteiger charge is 2.17. The summed E-state index contributed by atoms with van der Waals surface area (Å²) >= 11 is 3.48. The lowest BCUT2D eigenvalue weighted by Crippen LogP contribution is -2.12. The molecule has 0 saturated carbocycles. The van der Waals surface area contributed by atoms with E-state index in [0.29, 0.717) is 11.1 Å². The van der Waals surface area contributed by atoms with Crippen molar-refractivity contribution < 1.29 is 14.5 Å². The second kappa shape index (κ2) is 6.65. The van der Waals surface area contributed by atoms with E-state index in [-0.39, 0.29) is 5.75 Å². The fraction of sp³-hybridized carbons (Fsp3) is 0. The number of aromatic amines is 2. The van der Waals surface area contributed by atoms with Gasteiger partial charge in [0.15, 0.2) is 11.0 Å². The van der Waals surface area contributed by atoms with E-state index in [1.165, 1.54) is 0 Å². The van der Waals surface area contributed by atoms with Crippen molar-refractivity contribution in [2.24, 2.45) is 4.99 Å². The van der Waals surface area contributed by atoms with E-state index in [9.17, 15) is 5.11 Å². The molecule has 3 aromatic carbocycles. The molecule has 0 aliphatic heterocycles. The van der Waals surface area contributed by atoms with Crippen molar-refractivity contribution in [3.63, 3.8) is 0 Å². The number of H-pyrrole nitrogens is 2. The average Bonchev–Trinajstić information content (AvgIpc) is 3.11. The third-order valence-electron chi connectivity index (χ3n) is 4.49. The minimum Gasteiger partial charge on any atom is -0.508 e. The molecular weight excluding hydrogens is 418 g/mol. The normalized spacial score (nSPS) is 12.1. The summed E-state index contributed by atoms with van der Waals surface area (Å²) in [5.74, 6) is 0.947. The number of aromatic nitrogens is 2. The van der Waals surface area contributed by atoms with Crippen molar-refractivity contribution in [1.29, 1.82) is 0 Å². The third-order valence-corrected chi connectivity index (χ3v) is 4.98. The van der Waals surface area contributed by atoms with E-state index in [1.54, 1.807) is 12.1 Å². The standard InChI is InChI=1S/C22H14BrN3O2/c23-14-4-3-5-15(11-14)24-22-17(10-13-8-9-16(27)12-20(13)28-22)21-25-18-6-1-2-7-19(18)26-21/h1-12,27H,(H,25,26)/p+1. The van der Waals surface area contributed by atoms with Crippen LogP contribution >= 0.6 is 15.9 Å². The lowest BCUT2D eigenvalue weighted by Gasteiger charge is -2.02. The zero-order valence-electron chi connectivity index (χ0n) is 14.6. The molecule has 0 aliphatic carbocycles. The Labute approximate surface area is 168 Å². The van der Waals surface area contributed by atoms with Crippen LogP contribution in [0.25, 0.3) is 33.4 Å². The molecule has 28 heavy (non-hydrogen) atoms. The van der Waals surface area contributed by atoms with Crippen LogP contribution < -0.4 is 10.5 Å². The molecule has 0 amide bonds. The summed E-state index contributed by atoms with van der Waals surface area (Å²) in [7, 11) is 0. The molecule has 0 aliphatic rings. The van der Waals surface area contributed by atoms with Crippen LogP contribution in [0.3, 0.4) is 0 Å². The maximum atomic E-state index is 9.82. The predicted octanol–water partition coefficient (Wildman–Crippen LogP) is 5.10. The summed E-state index contributed by atoms with van der Waals surface area (Å²) in [5.41, 5.74) is 4.56. The van der Waals surface area contributed by atoms with Crippen LogP contribution in [-0.4, -0.2) is 10.1 Å². The molecule has 2 aromatic heterocycles. The largest absolute Gasteiger partial charge is 0.508 e. The van der Waals surface area contributed by atoms with Gasteiger partial charge in [0.2, 0.25) is 5.55 Å². The fourth-order valence-corrected chi connectivity index (χ4v) is 3.56. The number of phenols is 1. The minimum atomic E-state index is 0.148. The van der Waals surface area contributed by atoms with Crippen molar-refractivity contribution in [3.8, 4) is 17.1 Å². The Morgan fingerprint density at radius 3 is 2.71 bits per heavy atom. The Bertz CT molecular complexity index is 1370. The molecule has 6 heteroatoms. The molecule has 5 aromatic rings. The number of hydrogen-bond donors (Lipinski definition) is 2. The number of phenolic OH excluding ortho intramolecular Hbond substituents is 1. The van der Waals surface area contributed by atoms with Gasteiger partial charge in [-0.1, -0.05) is 34.1 Å². The molecule has 0 saturated heterocycles. The van der Waals surface area contributed by atoms with Gasteiger partial charge in [-0.25, -0.2) is 15.0 Å². The molecule has 0 unspecified atom stereocenters. The van der Waals surface area contributed by atoms with Gasteiger partial charge in [0.25, 0.3) is 5.82 Å². The molecule has 0 radical (unpaired) electrons. The van der Waals surface area contributed by atoms with Gasteiger partial charge in [-0.3, -0.25) is 0 Å². The number of nitrogens with one attached hydrogen (secondary N) is 2. The van der Waals surface area contributed by atoms with E-state index < -0.39 is 0 Å². The summed E-state index contributed by atoms with van der Waals surface area (Å²) in [6, 6.07) is 22.7. The molecule has 136 valence electrons. The first kappa shape index (κ1) is 16.8. The molecule has 0 fully saturated rings. The van der Waals surface area contributed by atoms with Crippen LogP contribution in [0.15, 0.2) is 86.7 Å². The van der Waals surface area contributed by atoms with Crippen LogP contribution in [0.4, 0.5) is 5.69 Å². The number of fused-ring (bicyclic) bond motifs is 2.